The highest BCUT2D eigenvalue weighted by molar-refractivity contribution is 5.82. The maximum absolute atomic E-state index is 13.0. The van der Waals surface area contributed by atoms with Gasteiger partial charge in [-0.05, 0) is 96.1 Å². The average molecular weight is 489 g/mol. The molecule has 0 bridgehead atoms. The van der Waals surface area contributed by atoms with Crippen LogP contribution in [0.1, 0.15) is 46.2 Å². The molecule has 4 aromatic rings. The van der Waals surface area contributed by atoms with Crippen LogP contribution in [0.3, 0.4) is 0 Å². The fraction of sp³-hybridized carbons (Fsp3) is 0.182. The molecular weight excluding hydrogens is 459 g/mol. The molecule has 0 saturated carbocycles. The first kappa shape index (κ1) is 23.2. The maximum atomic E-state index is 13.0. The number of allylic oxidation sites excluding steroid dienone is 2. The predicted molar refractivity (Wildman–Crippen MR) is 148 cm³/mol. The van der Waals surface area contributed by atoms with Crippen molar-refractivity contribution in [2.45, 2.75) is 31.9 Å². The van der Waals surface area contributed by atoms with E-state index >= 15 is 0 Å². The number of anilines is 1. The van der Waals surface area contributed by atoms with E-state index in [2.05, 4.69) is 71.8 Å². The molecule has 0 amide bonds. The summed E-state index contributed by atoms with van der Waals surface area (Å²) >= 11 is 0. The average Bonchev–Trinajstić information content (AvgIpc) is 3.43. The van der Waals surface area contributed by atoms with Crippen molar-refractivity contribution in [3.8, 4) is 5.75 Å². The lowest BCUT2D eigenvalue weighted by atomic mass is 9.76. The molecule has 2 aliphatic rings. The number of rotatable bonds is 6. The van der Waals surface area contributed by atoms with Gasteiger partial charge in [0.15, 0.2) is 0 Å². The van der Waals surface area contributed by atoms with Crippen LogP contribution < -0.4 is 10.1 Å². The molecular formula is C33H29FN2O. The molecule has 1 aliphatic carbocycles. The SMILES string of the molecule is Cc1ccc2c(c1)[C@@H]1C=CC[C@@H]1[C@@H](c1ccc(N=Cc3ccc(OCc4ccc(F)cc4)cc3)cc1)N2. The summed E-state index contributed by atoms with van der Waals surface area (Å²) in [4.78, 5) is 4.67. The quantitative estimate of drug-likeness (QED) is 0.219. The number of hydrogen-bond donors (Lipinski definition) is 1. The Kier molecular flexibility index (Phi) is 6.32. The lowest BCUT2D eigenvalue weighted by molar-refractivity contribution is 0.306. The van der Waals surface area contributed by atoms with Crippen molar-refractivity contribution in [2.75, 3.05) is 5.32 Å². The van der Waals surface area contributed by atoms with Crippen molar-refractivity contribution in [1.82, 2.24) is 0 Å². The lowest BCUT2D eigenvalue weighted by Crippen LogP contribution is -2.29. The summed E-state index contributed by atoms with van der Waals surface area (Å²) in [7, 11) is 0. The zero-order chi connectivity index (χ0) is 25.2. The lowest BCUT2D eigenvalue weighted by Gasteiger charge is -2.37. The maximum Gasteiger partial charge on any atom is 0.123 e. The van der Waals surface area contributed by atoms with E-state index in [1.165, 1.54) is 34.5 Å². The highest BCUT2D eigenvalue weighted by atomic mass is 19.1. The number of ether oxygens (including phenoxy) is 1. The van der Waals surface area contributed by atoms with Crippen molar-refractivity contribution < 1.29 is 9.13 Å². The molecule has 0 aromatic heterocycles. The largest absolute Gasteiger partial charge is 0.489 e. The van der Waals surface area contributed by atoms with E-state index in [0.29, 0.717) is 18.4 Å². The third kappa shape index (κ3) is 5.05. The molecule has 1 heterocycles. The van der Waals surface area contributed by atoms with Gasteiger partial charge in [-0.25, -0.2) is 4.39 Å². The predicted octanol–water partition coefficient (Wildman–Crippen LogP) is 8.29. The molecule has 6 rings (SSSR count). The van der Waals surface area contributed by atoms with Gasteiger partial charge in [-0.2, -0.15) is 0 Å². The van der Waals surface area contributed by atoms with Crippen LogP contribution in [0, 0.1) is 18.7 Å². The fourth-order valence-electron chi connectivity index (χ4n) is 5.36. The van der Waals surface area contributed by atoms with Crippen molar-refractivity contribution in [2.24, 2.45) is 10.9 Å². The Labute approximate surface area is 217 Å². The highest BCUT2D eigenvalue weighted by Crippen LogP contribution is 2.50. The van der Waals surface area contributed by atoms with Crippen molar-refractivity contribution in [3.63, 3.8) is 0 Å². The molecule has 4 heteroatoms. The fourth-order valence-corrected chi connectivity index (χ4v) is 5.36. The van der Waals surface area contributed by atoms with E-state index in [4.69, 9.17) is 4.74 Å². The van der Waals surface area contributed by atoms with E-state index in [1.807, 2.05) is 30.5 Å². The van der Waals surface area contributed by atoms with Gasteiger partial charge in [0.2, 0.25) is 0 Å². The molecule has 0 radical (unpaired) electrons. The Morgan fingerprint density at radius 3 is 2.51 bits per heavy atom. The summed E-state index contributed by atoms with van der Waals surface area (Å²) < 4.78 is 18.8. The van der Waals surface area contributed by atoms with Gasteiger partial charge >= 0.3 is 0 Å². The van der Waals surface area contributed by atoms with Gasteiger partial charge in [0.05, 0.1) is 11.7 Å². The van der Waals surface area contributed by atoms with Gasteiger partial charge in [0.1, 0.15) is 18.2 Å². The van der Waals surface area contributed by atoms with Crippen molar-refractivity contribution >= 4 is 17.6 Å². The molecule has 0 unspecified atom stereocenters. The number of aliphatic imine (C=N–C) groups is 1. The van der Waals surface area contributed by atoms with Gasteiger partial charge in [-0.15, -0.1) is 0 Å². The number of fused-ring (bicyclic) bond motifs is 3. The van der Waals surface area contributed by atoms with E-state index in [-0.39, 0.29) is 11.9 Å². The third-order valence-corrected chi connectivity index (χ3v) is 7.33. The topological polar surface area (TPSA) is 33.6 Å². The van der Waals surface area contributed by atoms with E-state index in [1.54, 1.807) is 12.1 Å². The standard InChI is InChI=1S/C33H29FN2O/c1-22-5-18-32-31(19-22)29-3-2-4-30(29)33(36-32)25-10-14-27(15-11-25)35-20-23-8-16-28(17-9-23)37-21-24-6-12-26(34)13-7-24/h2-3,5-20,29-30,33,36H,4,21H2,1H3/t29-,30+,33-/m1/s1. The van der Waals surface area contributed by atoms with Crippen LogP contribution in [0.4, 0.5) is 15.8 Å². The number of nitrogens with zero attached hydrogens (tertiary/aromatic N) is 1. The summed E-state index contributed by atoms with van der Waals surface area (Å²) in [6, 6.07) is 29.8. The molecule has 184 valence electrons. The van der Waals surface area contributed by atoms with Gasteiger partial charge < -0.3 is 10.1 Å². The van der Waals surface area contributed by atoms with Gasteiger partial charge in [0.25, 0.3) is 0 Å². The van der Waals surface area contributed by atoms with Crippen LogP contribution in [-0.4, -0.2) is 6.21 Å². The van der Waals surface area contributed by atoms with Crippen LogP contribution in [-0.2, 0) is 6.61 Å². The van der Waals surface area contributed by atoms with Gasteiger partial charge in [-0.3, -0.25) is 4.99 Å². The first-order valence-electron chi connectivity index (χ1n) is 12.8. The molecule has 1 N–H and O–H groups in total. The Bertz CT molecular complexity index is 1440. The molecule has 3 atom stereocenters. The van der Waals surface area contributed by atoms with Crippen LogP contribution >= 0.6 is 0 Å². The molecule has 1 aliphatic heterocycles. The van der Waals surface area contributed by atoms with Gasteiger partial charge in [-0.1, -0.05) is 54.1 Å². The first-order valence-corrected chi connectivity index (χ1v) is 12.8. The van der Waals surface area contributed by atoms with E-state index < -0.39 is 0 Å². The van der Waals surface area contributed by atoms with E-state index in [9.17, 15) is 4.39 Å². The summed E-state index contributed by atoms with van der Waals surface area (Å²) in [5, 5.41) is 3.81. The Morgan fingerprint density at radius 1 is 0.946 bits per heavy atom. The minimum atomic E-state index is -0.242. The molecule has 4 aromatic carbocycles. The number of nitrogens with one attached hydrogen (secondary N) is 1. The molecule has 3 nitrogen and oxygen atoms in total. The van der Waals surface area contributed by atoms with Crippen molar-refractivity contribution in [1.29, 1.82) is 0 Å². The summed E-state index contributed by atoms with van der Waals surface area (Å²) in [6.07, 6.45) is 7.68. The van der Waals surface area contributed by atoms with Crippen LogP contribution in [0.2, 0.25) is 0 Å². The summed E-state index contributed by atoms with van der Waals surface area (Å²) in [5.74, 6) is 1.53. The summed E-state index contributed by atoms with van der Waals surface area (Å²) in [5.41, 5.74) is 8.13. The third-order valence-electron chi connectivity index (χ3n) is 7.33. The molecule has 0 fully saturated rings. The summed E-state index contributed by atoms with van der Waals surface area (Å²) in [6.45, 7) is 2.57. The number of aryl methyl sites for hydroxylation is 1. The Balaban J connectivity index is 1.10. The molecule has 0 spiro atoms. The second-order valence-electron chi connectivity index (χ2n) is 9.90. The second-order valence-corrected chi connectivity index (χ2v) is 9.90. The monoisotopic (exact) mass is 488 g/mol. The van der Waals surface area contributed by atoms with Crippen LogP contribution in [0.25, 0.3) is 0 Å². The smallest absolute Gasteiger partial charge is 0.123 e. The Morgan fingerprint density at radius 2 is 1.73 bits per heavy atom. The van der Waals surface area contributed by atoms with E-state index in [0.717, 1.165) is 29.0 Å². The first-order chi connectivity index (χ1) is 18.1. The number of hydrogen-bond acceptors (Lipinski definition) is 3. The second kappa shape index (κ2) is 10.1. The van der Waals surface area contributed by atoms with Crippen molar-refractivity contribution in [3.05, 3.63) is 137 Å². The minimum absolute atomic E-state index is 0.242. The molecule has 37 heavy (non-hydrogen) atoms. The number of benzene rings is 4. The zero-order valence-corrected chi connectivity index (χ0v) is 20.8. The number of halogens is 1. The zero-order valence-electron chi connectivity index (χ0n) is 20.8. The Hall–Kier alpha value is -4.18. The van der Waals surface area contributed by atoms with Crippen LogP contribution in [0.15, 0.2) is 108 Å². The van der Waals surface area contributed by atoms with Gasteiger partial charge in [0, 0.05) is 17.8 Å². The molecule has 0 saturated heterocycles. The minimum Gasteiger partial charge on any atom is -0.489 e. The normalized spacial score (nSPS) is 19.9. The van der Waals surface area contributed by atoms with Crippen LogP contribution in [0.5, 0.6) is 5.75 Å². The highest BCUT2D eigenvalue weighted by Gasteiger charge is 2.37.